The zero-order chi connectivity index (χ0) is 17.6. The molecule has 0 aliphatic carbocycles. The van der Waals surface area contributed by atoms with Crippen LogP contribution in [0.25, 0.3) is 11.1 Å². The Morgan fingerprint density at radius 3 is 2.20 bits per heavy atom. The molecule has 0 aromatic heterocycles. The molecule has 7 heteroatoms. The molecule has 2 aromatic carbocycles. The van der Waals surface area contributed by atoms with Crippen LogP contribution in [0.1, 0.15) is 0 Å². The van der Waals surface area contributed by atoms with Crippen LogP contribution in [0.3, 0.4) is 0 Å². The van der Waals surface area contributed by atoms with Crippen LogP contribution in [0.4, 0.5) is 16.2 Å². The Kier molecular flexibility index (Phi) is 3.68. The van der Waals surface area contributed by atoms with E-state index in [-0.39, 0.29) is 29.5 Å². The Balaban J connectivity index is 1.64. The third kappa shape index (κ3) is 2.95. The molecule has 0 unspecified atom stereocenters. The molecule has 4 rings (SSSR count). The normalized spacial score (nSPS) is 24.6. The van der Waals surface area contributed by atoms with E-state index < -0.39 is 9.84 Å². The summed E-state index contributed by atoms with van der Waals surface area (Å²) < 4.78 is 23.9. The Labute approximate surface area is 146 Å². The summed E-state index contributed by atoms with van der Waals surface area (Å²) in [4.78, 5) is 13.9. The molecule has 2 aliphatic rings. The number of amides is 2. The van der Waals surface area contributed by atoms with Gasteiger partial charge in [0.1, 0.15) is 0 Å². The minimum atomic E-state index is -3.09. The van der Waals surface area contributed by atoms with E-state index in [0.717, 1.165) is 11.1 Å². The van der Waals surface area contributed by atoms with E-state index in [9.17, 15) is 13.2 Å². The van der Waals surface area contributed by atoms with Crippen LogP contribution in [0.2, 0.25) is 0 Å². The highest BCUT2D eigenvalue weighted by Gasteiger charge is 2.46. The number of nitrogens with zero attached hydrogens (tertiary/aromatic N) is 1. The molecule has 2 aliphatic heterocycles. The molecule has 2 fully saturated rings. The Morgan fingerprint density at radius 1 is 0.960 bits per heavy atom. The first-order valence-electron chi connectivity index (χ1n) is 8.16. The molecule has 0 spiro atoms. The Hall–Kier alpha value is -2.54. The number of sulfone groups is 1. The SMILES string of the molecule is Nc1ccc(-c2ccc(N3C(=O)NC[C@@H]4CS(=O)(=O)C[C@@H]43)cc2)cc1. The van der Waals surface area contributed by atoms with Crippen LogP contribution in [-0.4, -0.2) is 38.5 Å². The molecule has 3 N–H and O–H groups in total. The second-order valence-corrected chi connectivity index (χ2v) is 8.78. The van der Waals surface area contributed by atoms with Crippen molar-refractivity contribution in [3.63, 3.8) is 0 Å². The molecule has 0 bridgehead atoms. The Morgan fingerprint density at radius 2 is 1.56 bits per heavy atom. The molecule has 2 saturated heterocycles. The van der Waals surface area contributed by atoms with E-state index in [0.29, 0.717) is 17.9 Å². The average molecular weight is 357 g/mol. The Bertz CT molecular complexity index is 908. The van der Waals surface area contributed by atoms with Crippen molar-refractivity contribution in [1.82, 2.24) is 5.32 Å². The van der Waals surface area contributed by atoms with E-state index in [1.807, 2.05) is 48.5 Å². The molecule has 0 saturated carbocycles. The number of carbonyl (C=O) groups excluding carboxylic acids is 1. The predicted octanol–water partition coefficient (Wildman–Crippen LogP) is 1.88. The van der Waals surface area contributed by atoms with Gasteiger partial charge in [0, 0.05) is 23.8 Å². The van der Waals surface area contributed by atoms with Crippen LogP contribution < -0.4 is 16.0 Å². The topological polar surface area (TPSA) is 92.5 Å². The quantitative estimate of drug-likeness (QED) is 0.803. The zero-order valence-electron chi connectivity index (χ0n) is 13.6. The first-order chi connectivity index (χ1) is 11.9. The summed E-state index contributed by atoms with van der Waals surface area (Å²) in [6.45, 7) is 0.419. The average Bonchev–Trinajstić information content (AvgIpc) is 2.90. The fourth-order valence-corrected chi connectivity index (χ4v) is 5.70. The lowest BCUT2D eigenvalue weighted by molar-refractivity contribution is 0.233. The van der Waals surface area contributed by atoms with Gasteiger partial charge in [-0.3, -0.25) is 4.90 Å². The number of nitrogen functional groups attached to an aromatic ring is 1. The van der Waals surface area contributed by atoms with Crippen molar-refractivity contribution in [2.24, 2.45) is 5.92 Å². The lowest BCUT2D eigenvalue weighted by Gasteiger charge is -2.37. The van der Waals surface area contributed by atoms with Gasteiger partial charge in [0.05, 0.1) is 17.5 Å². The van der Waals surface area contributed by atoms with E-state index >= 15 is 0 Å². The number of nitrogens with one attached hydrogen (secondary N) is 1. The van der Waals surface area contributed by atoms with Crippen molar-refractivity contribution >= 4 is 27.2 Å². The fourth-order valence-electron chi connectivity index (χ4n) is 3.63. The summed E-state index contributed by atoms with van der Waals surface area (Å²) in [5, 5.41) is 2.80. The first kappa shape index (κ1) is 16.0. The minimum absolute atomic E-state index is 0.0325. The van der Waals surface area contributed by atoms with Gasteiger partial charge in [-0.1, -0.05) is 24.3 Å². The van der Waals surface area contributed by atoms with Crippen molar-refractivity contribution in [1.29, 1.82) is 0 Å². The number of hydrogen-bond donors (Lipinski definition) is 2. The van der Waals surface area contributed by atoms with Gasteiger partial charge in [0.15, 0.2) is 9.84 Å². The standard InChI is InChI=1S/C18H19N3O3S/c19-15-5-1-12(2-6-15)13-3-7-16(8-4-13)21-17-11-25(23,24)10-14(17)9-20-18(21)22/h1-8,14,17H,9-11,19H2,(H,20,22)/t14-,17+/m1/s1. The maximum atomic E-state index is 12.3. The molecule has 2 atom stereocenters. The smallest absolute Gasteiger partial charge is 0.322 e. The van der Waals surface area contributed by atoms with Gasteiger partial charge >= 0.3 is 6.03 Å². The zero-order valence-corrected chi connectivity index (χ0v) is 14.4. The third-order valence-corrected chi connectivity index (χ3v) is 6.68. The monoisotopic (exact) mass is 357 g/mol. The van der Waals surface area contributed by atoms with Crippen LogP contribution in [0, 0.1) is 5.92 Å². The van der Waals surface area contributed by atoms with Crippen molar-refractivity contribution < 1.29 is 13.2 Å². The molecule has 130 valence electrons. The summed E-state index contributed by atoms with van der Waals surface area (Å²) >= 11 is 0. The summed E-state index contributed by atoms with van der Waals surface area (Å²) in [6, 6.07) is 14.6. The van der Waals surface area contributed by atoms with Crippen molar-refractivity contribution in [3.05, 3.63) is 48.5 Å². The minimum Gasteiger partial charge on any atom is -0.399 e. The van der Waals surface area contributed by atoms with Gasteiger partial charge in [-0.05, 0) is 35.4 Å². The van der Waals surface area contributed by atoms with E-state index in [4.69, 9.17) is 5.73 Å². The van der Waals surface area contributed by atoms with Crippen LogP contribution in [0.5, 0.6) is 0 Å². The summed E-state index contributed by atoms with van der Waals surface area (Å²) in [6.07, 6.45) is 0. The lowest BCUT2D eigenvalue weighted by Crippen LogP contribution is -2.57. The number of carbonyl (C=O) groups is 1. The second kappa shape index (κ2) is 5.77. The predicted molar refractivity (Wildman–Crippen MR) is 98.1 cm³/mol. The summed E-state index contributed by atoms with van der Waals surface area (Å²) in [5.41, 5.74) is 9.18. The number of fused-ring (bicyclic) bond motifs is 1. The molecule has 0 radical (unpaired) electrons. The largest absolute Gasteiger partial charge is 0.399 e. The number of urea groups is 1. The molecule has 2 amide bonds. The highest BCUT2D eigenvalue weighted by Crippen LogP contribution is 2.32. The number of hydrogen-bond acceptors (Lipinski definition) is 4. The maximum Gasteiger partial charge on any atom is 0.322 e. The molecule has 6 nitrogen and oxygen atoms in total. The van der Waals surface area contributed by atoms with Gasteiger partial charge < -0.3 is 11.1 Å². The molecule has 2 aromatic rings. The molecular weight excluding hydrogens is 338 g/mol. The highest BCUT2D eigenvalue weighted by molar-refractivity contribution is 7.91. The lowest BCUT2D eigenvalue weighted by atomic mass is 9.98. The molecule has 25 heavy (non-hydrogen) atoms. The molecular formula is C18H19N3O3S. The maximum absolute atomic E-state index is 12.3. The number of rotatable bonds is 2. The van der Waals surface area contributed by atoms with Gasteiger partial charge in [-0.2, -0.15) is 0 Å². The van der Waals surface area contributed by atoms with Crippen molar-refractivity contribution in [2.75, 3.05) is 28.7 Å². The number of benzene rings is 2. The number of anilines is 2. The fraction of sp³-hybridized carbons (Fsp3) is 0.278. The van der Waals surface area contributed by atoms with Crippen molar-refractivity contribution in [3.8, 4) is 11.1 Å². The van der Waals surface area contributed by atoms with E-state index in [2.05, 4.69) is 5.32 Å². The van der Waals surface area contributed by atoms with Gasteiger partial charge in [-0.25, -0.2) is 13.2 Å². The summed E-state index contributed by atoms with van der Waals surface area (Å²) in [5.74, 6) is 0.113. The van der Waals surface area contributed by atoms with Crippen LogP contribution in [-0.2, 0) is 9.84 Å². The summed E-state index contributed by atoms with van der Waals surface area (Å²) in [7, 11) is -3.09. The van der Waals surface area contributed by atoms with Gasteiger partial charge in [0.25, 0.3) is 0 Å². The number of nitrogens with two attached hydrogens (primary N) is 1. The van der Waals surface area contributed by atoms with E-state index in [1.165, 1.54) is 0 Å². The van der Waals surface area contributed by atoms with Crippen LogP contribution in [0.15, 0.2) is 48.5 Å². The second-order valence-electron chi connectivity index (χ2n) is 6.63. The van der Waals surface area contributed by atoms with E-state index in [1.54, 1.807) is 4.90 Å². The molecule has 2 heterocycles. The van der Waals surface area contributed by atoms with Crippen molar-refractivity contribution in [2.45, 2.75) is 6.04 Å². The highest BCUT2D eigenvalue weighted by atomic mass is 32.2. The van der Waals surface area contributed by atoms with Gasteiger partial charge in [0.2, 0.25) is 0 Å². The first-order valence-corrected chi connectivity index (χ1v) is 9.98. The third-order valence-electron chi connectivity index (χ3n) is 4.89. The van der Waals surface area contributed by atoms with Crippen LogP contribution >= 0.6 is 0 Å². The van der Waals surface area contributed by atoms with Gasteiger partial charge in [-0.15, -0.1) is 0 Å².